The van der Waals surface area contributed by atoms with Gasteiger partial charge in [-0.2, -0.15) is 0 Å². The maximum Gasteiger partial charge on any atom is 0.137 e. The zero-order chi connectivity index (χ0) is 14.1. The Morgan fingerprint density at radius 3 is 2.90 bits per heavy atom. The Labute approximate surface area is 123 Å². The Balaban J connectivity index is 1.59. The summed E-state index contributed by atoms with van der Waals surface area (Å²) in [7, 11) is 0. The van der Waals surface area contributed by atoms with Crippen molar-refractivity contribution in [1.82, 2.24) is 9.80 Å². The smallest absolute Gasteiger partial charge is 0.137 e. The van der Waals surface area contributed by atoms with Gasteiger partial charge in [0.05, 0.1) is 0 Å². The summed E-state index contributed by atoms with van der Waals surface area (Å²) in [6.45, 7) is 9.35. The minimum absolute atomic E-state index is 0.323. The number of hydrogen-bond donors (Lipinski definition) is 0. The van der Waals surface area contributed by atoms with Crippen LogP contribution in [0.2, 0.25) is 0 Å². The van der Waals surface area contributed by atoms with Crippen LogP contribution in [0.1, 0.15) is 52.4 Å². The molecular weight excluding hydrogens is 248 g/mol. The largest absolute Gasteiger partial charge is 0.299 e. The average molecular weight is 278 g/mol. The quantitative estimate of drug-likeness (QED) is 0.792. The van der Waals surface area contributed by atoms with Crippen LogP contribution in [0.4, 0.5) is 0 Å². The van der Waals surface area contributed by atoms with Crippen LogP contribution in [0.3, 0.4) is 0 Å². The van der Waals surface area contributed by atoms with Gasteiger partial charge in [0.1, 0.15) is 5.78 Å². The number of Topliss-reactive ketones (excluding diaryl/α,β-unsaturated/α-hetero) is 1. The molecule has 0 aromatic heterocycles. The molecule has 20 heavy (non-hydrogen) atoms. The highest BCUT2D eigenvalue weighted by atomic mass is 16.1. The predicted molar refractivity (Wildman–Crippen MR) is 81.8 cm³/mol. The molecule has 2 saturated heterocycles. The number of nitrogens with zero attached hydrogens (tertiary/aromatic N) is 2. The molecule has 3 fully saturated rings. The maximum atomic E-state index is 12.2. The maximum absolute atomic E-state index is 12.2. The molecule has 2 aliphatic heterocycles. The summed E-state index contributed by atoms with van der Waals surface area (Å²) < 4.78 is 0. The Morgan fingerprint density at radius 1 is 1.25 bits per heavy atom. The molecule has 0 aromatic carbocycles. The van der Waals surface area contributed by atoms with Crippen LogP contribution in [0.5, 0.6) is 0 Å². The monoisotopic (exact) mass is 278 g/mol. The number of piperazine rings is 1. The van der Waals surface area contributed by atoms with Crippen molar-refractivity contribution in [1.29, 1.82) is 0 Å². The second-order valence-corrected chi connectivity index (χ2v) is 7.31. The molecule has 0 bridgehead atoms. The van der Waals surface area contributed by atoms with Crippen LogP contribution in [0.25, 0.3) is 0 Å². The lowest BCUT2D eigenvalue weighted by Gasteiger charge is -2.44. The third-order valence-electron chi connectivity index (χ3n) is 5.97. The molecule has 1 aliphatic carbocycles. The highest BCUT2D eigenvalue weighted by molar-refractivity contribution is 5.82. The minimum Gasteiger partial charge on any atom is -0.299 e. The highest BCUT2D eigenvalue weighted by Crippen LogP contribution is 2.31. The fourth-order valence-electron chi connectivity index (χ4n) is 4.53. The van der Waals surface area contributed by atoms with Crippen LogP contribution in [0.15, 0.2) is 0 Å². The Kier molecular flexibility index (Phi) is 4.46. The first kappa shape index (κ1) is 14.5. The van der Waals surface area contributed by atoms with E-state index in [1.807, 2.05) is 0 Å². The van der Waals surface area contributed by atoms with Gasteiger partial charge in [-0.15, -0.1) is 0 Å². The minimum atomic E-state index is 0.323. The van der Waals surface area contributed by atoms with E-state index >= 15 is 0 Å². The van der Waals surface area contributed by atoms with Crippen LogP contribution in [0, 0.1) is 11.8 Å². The molecule has 0 N–H and O–H groups in total. The fourth-order valence-corrected chi connectivity index (χ4v) is 4.53. The summed E-state index contributed by atoms with van der Waals surface area (Å²) in [5.74, 6) is 1.65. The summed E-state index contributed by atoms with van der Waals surface area (Å²) in [5.41, 5.74) is 0. The van der Waals surface area contributed by atoms with E-state index in [1.165, 1.54) is 38.9 Å². The van der Waals surface area contributed by atoms with Crippen molar-refractivity contribution in [2.45, 2.75) is 64.5 Å². The molecule has 0 spiro atoms. The average Bonchev–Trinajstić information content (AvgIpc) is 2.88. The summed E-state index contributed by atoms with van der Waals surface area (Å²) in [4.78, 5) is 17.5. The molecule has 3 heteroatoms. The molecular formula is C17H30N2O. The molecule has 3 rings (SSSR count). The Bertz CT molecular complexity index is 357. The van der Waals surface area contributed by atoms with Crippen LogP contribution in [-0.2, 0) is 4.79 Å². The molecule has 4 unspecified atom stereocenters. The van der Waals surface area contributed by atoms with Gasteiger partial charge in [-0.1, -0.05) is 13.3 Å². The Morgan fingerprint density at radius 2 is 2.10 bits per heavy atom. The number of fused-ring (bicyclic) bond motifs is 1. The Hall–Kier alpha value is -0.410. The second-order valence-electron chi connectivity index (χ2n) is 7.31. The zero-order valence-corrected chi connectivity index (χ0v) is 13.2. The molecule has 3 aliphatic rings. The standard InChI is InChI=1S/C17H30N2O/c1-3-14-6-7-17(20)15(9-14)11-19-12-16-5-4-8-18(16)10-13(19)2/h13-16H,3-12H2,1-2H3. The number of carbonyl (C=O) groups excluding carboxylic acids is 1. The summed E-state index contributed by atoms with van der Waals surface area (Å²) in [6, 6.07) is 1.39. The number of ketones is 1. The predicted octanol–water partition coefficient (Wildman–Crippen LogP) is 2.55. The van der Waals surface area contributed by atoms with Gasteiger partial charge in [0.25, 0.3) is 0 Å². The molecule has 0 amide bonds. The van der Waals surface area contributed by atoms with E-state index in [4.69, 9.17) is 0 Å². The highest BCUT2D eigenvalue weighted by Gasteiger charge is 2.37. The molecule has 4 atom stereocenters. The summed E-state index contributed by atoms with van der Waals surface area (Å²) in [5, 5.41) is 0. The lowest BCUT2D eigenvalue weighted by atomic mass is 9.79. The number of carbonyl (C=O) groups is 1. The van der Waals surface area contributed by atoms with E-state index in [-0.39, 0.29) is 0 Å². The van der Waals surface area contributed by atoms with Gasteiger partial charge < -0.3 is 0 Å². The van der Waals surface area contributed by atoms with Gasteiger partial charge in [0, 0.05) is 44.1 Å². The lowest BCUT2D eigenvalue weighted by Crippen LogP contribution is -2.56. The second kappa shape index (κ2) is 6.15. The van der Waals surface area contributed by atoms with Crippen molar-refractivity contribution in [2.24, 2.45) is 11.8 Å². The first-order chi connectivity index (χ1) is 9.67. The van der Waals surface area contributed by atoms with Crippen LogP contribution in [-0.4, -0.2) is 53.8 Å². The summed E-state index contributed by atoms with van der Waals surface area (Å²) >= 11 is 0. The third kappa shape index (κ3) is 2.94. The van der Waals surface area contributed by atoms with E-state index in [2.05, 4.69) is 23.6 Å². The van der Waals surface area contributed by atoms with Gasteiger partial charge in [-0.25, -0.2) is 0 Å². The SMILES string of the molecule is CCC1CCC(=O)C(CN2CC3CCCN3CC2C)C1. The van der Waals surface area contributed by atoms with Crippen molar-refractivity contribution in [2.75, 3.05) is 26.2 Å². The lowest BCUT2D eigenvalue weighted by molar-refractivity contribution is -0.127. The van der Waals surface area contributed by atoms with Crippen molar-refractivity contribution in [3.8, 4) is 0 Å². The molecule has 1 saturated carbocycles. The van der Waals surface area contributed by atoms with Gasteiger partial charge >= 0.3 is 0 Å². The van der Waals surface area contributed by atoms with E-state index in [0.717, 1.165) is 37.8 Å². The third-order valence-corrected chi connectivity index (χ3v) is 5.97. The fraction of sp³-hybridized carbons (Fsp3) is 0.941. The molecule has 0 aromatic rings. The first-order valence-corrected chi connectivity index (χ1v) is 8.68. The number of hydrogen-bond acceptors (Lipinski definition) is 3. The van der Waals surface area contributed by atoms with Crippen molar-refractivity contribution in [3.63, 3.8) is 0 Å². The zero-order valence-electron chi connectivity index (χ0n) is 13.2. The van der Waals surface area contributed by atoms with Gasteiger partial charge in [-0.05, 0) is 45.1 Å². The van der Waals surface area contributed by atoms with Gasteiger partial charge in [0.2, 0.25) is 0 Å². The normalized spacial score (nSPS) is 40.0. The van der Waals surface area contributed by atoms with E-state index < -0.39 is 0 Å². The molecule has 0 radical (unpaired) electrons. The first-order valence-electron chi connectivity index (χ1n) is 8.68. The topological polar surface area (TPSA) is 23.6 Å². The van der Waals surface area contributed by atoms with E-state index in [1.54, 1.807) is 0 Å². The van der Waals surface area contributed by atoms with Crippen LogP contribution < -0.4 is 0 Å². The van der Waals surface area contributed by atoms with E-state index in [0.29, 0.717) is 17.7 Å². The van der Waals surface area contributed by atoms with Crippen LogP contribution >= 0.6 is 0 Å². The van der Waals surface area contributed by atoms with Gasteiger partial charge in [0.15, 0.2) is 0 Å². The van der Waals surface area contributed by atoms with E-state index in [9.17, 15) is 4.79 Å². The summed E-state index contributed by atoms with van der Waals surface area (Å²) in [6.07, 6.45) is 7.09. The van der Waals surface area contributed by atoms with Crippen molar-refractivity contribution in [3.05, 3.63) is 0 Å². The molecule has 114 valence electrons. The van der Waals surface area contributed by atoms with Gasteiger partial charge in [-0.3, -0.25) is 14.6 Å². The molecule has 2 heterocycles. The van der Waals surface area contributed by atoms with Crippen molar-refractivity contribution >= 4 is 5.78 Å². The number of rotatable bonds is 3. The molecule has 3 nitrogen and oxygen atoms in total. The van der Waals surface area contributed by atoms with Crippen molar-refractivity contribution < 1.29 is 4.79 Å².